The Morgan fingerprint density at radius 1 is 1.25 bits per heavy atom. The van der Waals surface area contributed by atoms with Gasteiger partial charge in [0.1, 0.15) is 0 Å². The molecule has 0 aliphatic heterocycles. The lowest BCUT2D eigenvalue weighted by Gasteiger charge is -2.07. The Labute approximate surface area is 95.9 Å². The highest BCUT2D eigenvalue weighted by Crippen LogP contribution is 2.14. The predicted molar refractivity (Wildman–Crippen MR) is 66.6 cm³/mol. The molecule has 0 aliphatic carbocycles. The zero-order chi connectivity index (χ0) is 11.5. The number of anilines is 1. The highest BCUT2D eigenvalue weighted by atomic mass is 15.1. The van der Waals surface area contributed by atoms with Crippen molar-refractivity contribution < 1.29 is 0 Å². The van der Waals surface area contributed by atoms with Crippen LogP contribution in [0.3, 0.4) is 0 Å². The third-order valence-electron chi connectivity index (χ3n) is 2.77. The van der Waals surface area contributed by atoms with Gasteiger partial charge in [0.15, 0.2) is 0 Å². The molecule has 2 aromatic rings. The molecule has 1 aromatic heterocycles. The average molecular weight is 215 g/mol. The number of H-pyrrole nitrogens is 1. The van der Waals surface area contributed by atoms with Crippen molar-refractivity contribution in [2.24, 2.45) is 0 Å². The van der Waals surface area contributed by atoms with Crippen molar-refractivity contribution in [3.63, 3.8) is 0 Å². The Bertz CT molecular complexity index is 466. The molecule has 84 valence electrons. The molecule has 0 saturated heterocycles. The molecule has 0 atom stereocenters. The van der Waals surface area contributed by atoms with Crippen molar-refractivity contribution in [1.82, 2.24) is 10.2 Å². The quantitative estimate of drug-likeness (QED) is 0.826. The summed E-state index contributed by atoms with van der Waals surface area (Å²) in [6.45, 7) is 6.99. The molecule has 0 saturated carbocycles. The molecule has 2 rings (SSSR count). The minimum Gasteiger partial charge on any atom is -0.381 e. The van der Waals surface area contributed by atoms with Crippen LogP contribution in [-0.4, -0.2) is 10.2 Å². The molecule has 1 aromatic carbocycles. The summed E-state index contributed by atoms with van der Waals surface area (Å²) in [5, 5.41) is 10.6. The van der Waals surface area contributed by atoms with Crippen molar-refractivity contribution in [2.75, 3.05) is 5.32 Å². The lowest BCUT2D eigenvalue weighted by molar-refractivity contribution is 1.02. The third kappa shape index (κ3) is 2.24. The molecule has 0 radical (unpaired) electrons. The van der Waals surface area contributed by atoms with E-state index in [4.69, 9.17) is 0 Å². The number of nitrogens with zero attached hydrogens (tertiary/aromatic N) is 1. The maximum Gasteiger partial charge on any atom is 0.0643 e. The fraction of sp³-hybridized carbons (Fsp3) is 0.308. The van der Waals surface area contributed by atoms with Crippen LogP contribution in [0.5, 0.6) is 0 Å². The normalized spacial score (nSPS) is 10.4. The first-order valence-electron chi connectivity index (χ1n) is 5.48. The van der Waals surface area contributed by atoms with Crippen LogP contribution in [0.25, 0.3) is 0 Å². The van der Waals surface area contributed by atoms with Crippen LogP contribution in [0.2, 0.25) is 0 Å². The second kappa shape index (κ2) is 4.39. The summed E-state index contributed by atoms with van der Waals surface area (Å²) < 4.78 is 0. The van der Waals surface area contributed by atoms with Crippen LogP contribution in [0.1, 0.15) is 22.5 Å². The van der Waals surface area contributed by atoms with Crippen molar-refractivity contribution in [2.45, 2.75) is 27.3 Å². The van der Waals surface area contributed by atoms with Gasteiger partial charge < -0.3 is 5.32 Å². The Kier molecular flexibility index (Phi) is 2.95. The first-order valence-corrected chi connectivity index (χ1v) is 5.48. The number of hydrogen-bond acceptors (Lipinski definition) is 2. The van der Waals surface area contributed by atoms with Gasteiger partial charge in [-0.2, -0.15) is 5.10 Å². The first kappa shape index (κ1) is 10.7. The molecule has 16 heavy (non-hydrogen) atoms. The lowest BCUT2D eigenvalue weighted by Crippen LogP contribution is -2.01. The van der Waals surface area contributed by atoms with Crippen LogP contribution in [0.4, 0.5) is 5.69 Å². The molecule has 3 heteroatoms. The minimum atomic E-state index is 0.817. The average Bonchev–Trinajstić information content (AvgIpc) is 2.56. The molecule has 0 aliphatic rings. The summed E-state index contributed by atoms with van der Waals surface area (Å²) in [4.78, 5) is 0. The van der Waals surface area contributed by atoms with Gasteiger partial charge in [0.05, 0.1) is 5.69 Å². The van der Waals surface area contributed by atoms with E-state index in [1.54, 1.807) is 0 Å². The van der Waals surface area contributed by atoms with E-state index >= 15 is 0 Å². The highest BCUT2D eigenvalue weighted by Gasteiger charge is 2.05. The summed E-state index contributed by atoms with van der Waals surface area (Å²) in [6.07, 6.45) is 0. The van der Waals surface area contributed by atoms with E-state index in [-0.39, 0.29) is 0 Å². The van der Waals surface area contributed by atoms with E-state index in [1.165, 1.54) is 11.1 Å². The zero-order valence-electron chi connectivity index (χ0n) is 9.96. The fourth-order valence-corrected chi connectivity index (χ4v) is 1.78. The van der Waals surface area contributed by atoms with Gasteiger partial charge in [0, 0.05) is 23.5 Å². The number of aromatic amines is 1. The van der Waals surface area contributed by atoms with E-state index in [2.05, 4.69) is 46.7 Å². The number of hydrogen-bond donors (Lipinski definition) is 2. The third-order valence-corrected chi connectivity index (χ3v) is 2.77. The van der Waals surface area contributed by atoms with Crippen LogP contribution in [-0.2, 0) is 6.54 Å². The molecule has 3 nitrogen and oxygen atoms in total. The van der Waals surface area contributed by atoms with Crippen LogP contribution in [0, 0.1) is 20.8 Å². The van der Waals surface area contributed by atoms with Crippen LogP contribution in [0.15, 0.2) is 24.3 Å². The molecule has 0 unspecified atom stereocenters. The molecular formula is C13H17N3. The van der Waals surface area contributed by atoms with Crippen LogP contribution >= 0.6 is 0 Å². The molecular weight excluding hydrogens is 198 g/mol. The lowest BCUT2D eigenvalue weighted by atomic mass is 10.2. The Morgan fingerprint density at radius 3 is 2.69 bits per heavy atom. The van der Waals surface area contributed by atoms with Crippen LogP contribution < -0.4 is 5.32 Å². The van der Waals surface area contributed by atoms with E-state index in [1.807, 2.05) is 13.8 Å². The van der Waals surface area contributed by atoms with Gasteiger partial charge >= 0.3 is 0 Å². The van der Waals surface area contributed by atoms with E-state index < -0.39 is 0 Å². The Morgan fingerprint density at radius 2 is 2.06 bits per heavy atom. The summed E-state index contributed by atoms with van der Waals surface area (Å²) in [5.41, 5.74) is 5.88. The standard InChI is InChI=1S/C13H17N3/c1-9-5-4-6-12(7-9)14-8-13-10(2)15-16-11(13)3/h4-7,14H,8H2,1-3H3,(H,15,16). The van der Waals surface area contributed by atoms with Gasteiger partial charge in [0.2, 0.25) is 0 Å². The van der Waals surface area contributed by atoms with E-state index in [0.29, 0.717) is 0 Å². The molecule has 1 heterocycles. The van der Waals surface area contributed by atoms with Gasteiger partial charge in [-0.25, -0.2) is 0 Å². The molecule has 0 fully saturated rings. The van der Waals surface area contributed by atoms with E-state index in [9.17, 15) is 0 Å². The molecule has 0 bridgehead atoms. The van der Waals surface area contributed by atoms with Crippen molar-refractivity contribution in [3.05, 3.63) is 46.8 Å². The summed E-state index contributed by atoms with van der Waals surface area (Å²) >= 11 is 0. The maximum atomic E-state index is 4.18. The second-order valence-electron chi connectivity index (χ2n) is 4.14. The minimum absolute atomic E-state index is 0.817. The fourth-order valence-electron chi connectivity index (χ4n) is 1.78. The highest BCUT2D eigenvalue weighted by molar-refractivity contribution is 5.46. The van der Waals surface area contributed by atoms with Gasteiger partial charge in [-0.05, 0) is 38.5 Å². The summed E-state index contributed by atoms with van der Waals surface area (Å²) in [7, 11) is 0. The Hall–Kier alpha value is -1.77. The topological polar surface area (TPSA) is 40.7 Å². The van der Waals surface area contributed by atoms with Gasteiger partial charge in [0.25, 0.3) is 0 Å². The number of aryl methyl sites for hydroxylation is 3. The largest absolute Gasteiger partial charge is 0.381 e. The number of aromatic nitrogens is 2. The van der Waals surface area contributed by atoms with Crippen molar-refractivity contribution in [3.8, 4) is 0 Å². The summed E-state index contributed by atoms with van der Waals surface area (Å²) in [6, 6.07) is 8.38. The SMILES string of the molecule is Cc1cccc(NCc2c(C)n[nH]c2C)c1. The van der Waals surface area contributed by atoms with Crippen molar-refractivity contribution >= 4 is 5.69 Å². The number of benzene rings is 1. The zero-order valence-corrected chi connectivity index (χ0v) is 9.96. The number of rotatable bonds is 3. The molecule has 0 spiro atoms. The predicted octanol–water partition coefficient (Wildman–Crippen LogP) is 2.95. The van der Waals surface area contributed by atoms with Gasteiger partial charge in [-0.15, -0.1) is 0 Å². The second-order valence-corrected chi connectivity index (χ2v) is 4.14. The van der Waals surface area contributed by atoms with E-state index in [0.717, 1.165) is 23.6 Å². The molecule has 2 N–H and O–H groups in total. The molecule has 0 amide bonds. The number of nitrogens with one attached hydrogen (secondary N) is 2. The summed E-state index contributed by atoms with van der Waals surface area (Å²) in [5.74, 6) is 0. The monoisotopic (exact) mass is 215 g/mol. The first-order chi connectivity index (χ1) is 7.66. The van der Waals surface area contributed by atoms with Gasteiger partial charge in [-0.1, -0.05) is 12.1 Å². The van der Waals surface area contributed by atoms with Crippen molar-refractivity contribution in [1.29, 1.82) is 0 Å². The maximum absolute atomic E-state index is 4.18. The Balaban J connectivity index is 2.08. The van der Waals surface area contributed by atoms with Gasteiger partial charge in [-0.3, -0.25) is 5.10 Å². The smallest absolute Gasteiger partial charge is 0.0643 e.